The van der Waals surface area contributed by atoms with Gasteiger partial charge in [0, 0.05) is 6.42 Å². The number of nitrogens with one attached hydrogen (secondary N) is 1. The minimum absolute atomic E-state index is 0.0118. The van der Waals surface area contributed by atoms with Crippen LogP contribution in [0.25, 0.3) is 0 Å². The Morgan fingerprint density at radius 1 is 0.667 bits per heavy atom. The minimum Gasteiger partial charge on any atom is -0.756 e. The Bertz CT molecular complexity index is 975. The standard InChI is InChI=1S/C42H79N2O6P/c1-6-8-10-12-14-16-18-20-22-24-26-28-30-32-34-36-42(46)43-40(39-50-51(47,48)49-38-37-44(3,4)5)41(45)35-33-31-29-27-25-23-21-19-17-15-13-11-9-7-2/h17,19-20,22,25,27,33,35,40-41,45H,6-16,18,21,23-24,26,28-32,34,36-39H2,1-5H3,(H-,43,46,47,48)/b19-17+,22-20-,27-25+,35-33+. The molecule has 0 saturated heterocycles. The number of quaternary nitrogens is 1. The molecule has 51 heavy (non-hydrogen) atoms. The first-order chi connectivity index (χ1) is 24.5. The highest BCUT2D eigenvalue weighted by atomic mass is 31.2. The van der Waals surface area contributed by atoms with E-state index in [4.69, 9.17) is 9.05 Å². The number of phosphoric acid groups is 1. The Labute approximate surface area is 314 Å². The second kappa shape index (κ2) is 34.2. The van der Waals surface area contributed by atoms with E-state index in [1.54, 1.807) is 6.08 Å². The lowest BCUT2D eigenvalue weighted by Crippen LogP contribution is -2.45. The van der Waals surface area contributed by atoms with E-state index in [1.165, 1.54) is 70.6 Å². The molecule has 2 N–H and O–H groups in total. The van der Waals surface area contributed by atoms with Crippen LogP contribution >= 0.6 is 7.82 Å². The Morgan fingerprint density at radius 2 is 1.10 bits per heavy atom. The van der Waals surface area contributed by atoms with Gasteiger partial charge in [-0.1, -0.05) is 133 Å². The molecule has 3 unspecified atom stereocenters. The van der Waals surface area contributed by atoms with Crippen LogP contribution in [0.2, 0.25) is 0 Å². The number of nitrogens with zero attached hydrogens (tertiary/aromatic N) is 1. The van der Waals surface area contributed by atoms with E-state index < -0.39 is 26.6 Å². The topological polar surface area (TPSA) is 108 Å². The van der Waals surface area contributed by atoms with Crippen molar-refractivity contribution in [2.45, 2.75) is 174 Å². The van der Waals surface area contributed by atoms with Crippen molar-refractivity contribution in [3.8, 4) is 0 Å². The molecule has 0 aliphatic rings. The van der Waals surface area contributed by atoms with Gasteiger partial charge >= 0.3 is 0 Å². The van der Waals surface area contributed by atoms with E-state index in [9.17, 15) is 19.4 Å². The van der Waals surface area contributed by atoms with Crippen LogP contribution in [0.4, 0.5) is 0 Å². The molecule has 0 radical (unpaired) electrons. The summed E-state index contributed by atoms with van der Waals surface area (Å²) in [5.74, 6) is -0.224. The van der Waals surface area contributed by atoms with E-state index in [2.05, 4.69) is 55.6 Å². The van der Waals surface area contributed by atoms with Crippen LogP contribution in [0.15, 0.2) is 48.6 Å². The molecule has 0 aromatic carbocycles. The number of phosphoric ester groups is 1. The molecule has 0 aromatic heterocycles. The lowest BCUT2D eigenvalue weighted by molar-refractivity contribution is -0.870. The van der Waals surface area contributed by atoms with Gasteiger partial charge in [0.05, 0.1) is 39.9 Å². The number of carbonyl (C=O) groups is 1. The van der Waals surface area contributed by atoms with Crippen LogP contribution in [0.1, 0.15) is 162 Å². The zero-order valence-corrected chi connectivity index (χ0v) is 34.4. The molecule has 0 bridgehead atoms. The van der Waals surface area contributed by atoms with E-state index in [0.29, 0.717) is 17.4 Å². The smallest absolute Gasteiger partial charge is 0.268 e. The summed E-state index contributed by atoms with van der Waals surface area (Å²) in [4.78, 5) is 25.2. The molecule has 0 spiro atoms. The largest absolute Gasteiger partial charge is 0.756 e. The third-order valence-electron chi connectivity index (χ3n) is 8.74. The van der Waals surface area contributed by atoms with Gasteiger partial charge in [-0.15, -0.1) is 0 Å². The first-order valence-electron chi connectivity index (χ1n) is 20.5. The highest BCUT2D eigenvalue weighted by molar-refractivity contribution is 7.45. The molecule has 0 fully saturated rings. The van der Waals surface area contributed by atoms with E-state index in [0.717, 1.165) is 70.6 Å². The minimum atomic E-state index is -4.60. The van der Waals surface area contributed by atoms with Crippen LogP contribution in [0.5, 0.6) is 0 Å². The maximum Gasteiger partial charge on any atom is 0.268 e. The molecule has 0 aliphatic carbocycles. The van der Waals surface area contributed by atoms with Gasteiger partial charge in [-0.25, -0.2) is 0 Å². The zero-order chi connectivity index (χ0) is 37.9. The number of allylic oxidation sites excluding steroid dienone is 7. The fraction of sp³-hybridized carbons (Fsp3) is 0.786. The highest BCUT2D eigenvalue weighted by Crippen LogP contribution is 2.38. The van der Waals surface area contributed by atoms with Crippen LogP contribution in [0, 0.1) is 0 Å². The first-order valence-corrected chi connectivity index (χ1v) is 22.0. The number of aliphatic hydroxyl groups is 1. The molecule has 3 atom stereocenters. The van der Waals surface area contributed by atoms with Gasteiger partial charge in [-0.05, 0) is 70.6 Å². The summed E-state index contributed by atoms with van der Waals surface area (Å²) in [6.07, 6.45) is 41.5. The average molecular weight is 739 g/mol. The summed E-state index contributed by atoms with van der Waals surface area (Å²) in [6, 6.07) is -0.912. The van der Waals surface area contributed by atoms with Gasteiger partial charge in [-0.3, -0.25) is 9.36 Å². The van der Waals surface area contributed by atoms with E-state index in [-0.39, 0.29) is 12.5 Å². The Morgan fingerprint density at radius 3 is 1.61 bits per heavy atom. The summed E-state index contributed by atoms with van der Waals surface area (Å²) < 4.78 is 23.1. The monoisotopic (exact) mass is 739 g/mol. The number of amides is 1. The van der Waals surface area contributed by atoms with Gasteiger partial charge in [0.25, 0.3) is 7.82 Å². The predicted octanol–water partition coefficient (Wildman–Crippen LogP) is 10.3. The van der Waals surface area contributed by atoms with Gasteiger partial charge in [0.2, 0.25) is 5.91 Å². The maximum absolute atomic E-state index is 12.8. The van der Waals surface area contributed by atoms with Crippen molar-refractivity contribution in [1.29, 1.82) is 0 Å². The van der Waals surface area contributed by atoms with Crippen molar-refractivity contribution < 1.29 is 32.9 Å². The third-order valence-corrected chi connectivity index (χ3v) is 9.70. The summed E-state index contributed by atoms with van der Waals surface area (Å²) >= 11 is 0. The van der Waals surface area contributed by atoms with Gasteiger partial charge in [0.1, 0.15) is 13.2 Å². The van der Waals surface area contributed by atoms with Crippen molar-refractivity contribution in [3.05, 3.63) is 48.6 Å². The Kier molecular flexibility index (Phi) is 33.2. The SMILES string of the molecule is CCCCCC/C=C/CC/C=C/CC/C=C/C(O)C(COP(=O)([O-])OCC[N+](C)(C)C)NC(=O)CCCCCCC/C=C\CCCCCCCC. The molecule has 0 aromatic rings. The Balaban J connectivity index is 4.59. The molecule has 8 nitrogen and oxygen atoms in total. The lowest BCUT2D eigenvalue weighted by atomic mass is 10.1. The number of likely N-dealkylation sites (N-methyl/N-ethyl adjacent to an activating group) is 1. The van der Waals surface area contributed by atoms with E-state index >= 15 is 0 Å². The number of hydrogen-bond acceptors (Lipinski definition) is 6. The highest BCUT2D eigenvalue weighted by Gasteiger charge is 2.23. The lowest BCUT2D eigenvalue weighted by Gasteiger charge is -2.29. The summed E-state index contributed by atoms with van der Waals surface area (Å²) in [5, 5.41) is 13.7. The third kappa shape index (κ3) is 36.6. The number of rotatable bonds is 36. The zero-order valence-electron chi connectivity index (χ0n) is 33.5. The van der Waals surface area contributed by atoms with Gasteiger partial charge in [0.15, 0.2) is 0 Å². The van der Waals surface area contributed by atoms with Crippen LogP contribution < -0.4 is 10.2 Å². The average Bonchev–Trinajstić information content (AvgIpc) is 3.07. The molecule has 0 aliphatic heterocycles. The molecular weight excluding hydrogens is 659 g/mol. The molecule has 298 valence electrons. The molecule has 0 saturated carbocycles. The van der Waals surface area contributed by atoms with Crippen LogP contribution in [-0.2, 0) is 18.4 Å². The summed E-state index contributed by atoms with van der Waals surface area (Å²) in [5.41, 5.74) is 0. The number of unbranched alkanes of at least 4 members (excludes halogenated alkanes) is 17. The predicted molar refractivity (Wildman–Crippen MR) is 214 cm³/mol. The number of hydrogen-bond donors (Lipinski definition) is 2. The quantitative estimate of drug-likeness (QED) is 0.0287. The van der Waals surface area contributed by atoms with Crippen molar-refractivity contribution >= 4 is 13.7 Å². The first kappa shape index (κ1) is 49.5. The normalized spacial score (nSPS) is 15.0. The molecule has 1 amide bonds. The fourth-order valence-corrected chi connectivity index (χ4v) is 6.13. The number of aliphatic hydroxyl groups excluding tert-OH is 1. The molecule has 0 heterocycles. The van der Waals surface area contributed by atoms with E-state index in [1.807, 2.05) is 27.2 Å². The maximum atomic E-state index is 12.8. The summed E-state index contributed by atoms with van der Waals surface area (Å²) in [7, 11) is 1.22. The Hall–Kier alpha value is -1.54. The van der Waals surface area contributed by atoms with Crippen molar-refractivity contribution in [1.82, 2.24) is 5.32 Å². The van der Waals surface area contributed by atoms with Gasteiger partial charge < -0.3 is 28.8 Å². The molecule has 9 heteroatoms. The van der Waals surface area contributed by atoms with Crippen molar-refractivity contribution in [2.75, 3.05) is 40.9 Å². The second-order valence-corrected chi connectivity index (χ2v) is 16.4. The summed E-state index contributed by atoms with van der Waals surface area (Å²) in [6.45, 7) is 4.56. The van der Waals surface area contributed by atoms with Crippen LogP contribution in [0.3, 0.4) is 0 Å². The van der Waals surface area contributed by atoms with Gasteiger partial charge in [-0.2, -0.15) is 0 Å². The fourth-order valence-electron chi connectivity index (χ4n) is 5.41. The second-order valence-electron chi connectivity index (χ2n) is 15.0. The van der Waals surface area contributed by atoms with Crippen molar-refractivity contribution in [2.24, 2.45) is 0 Å². The number of carbonyl (C=O) groups excluding carboxylic acids is 1. The molecular formula is C42H79N2O6P. The van der Waals surface area contributed by atoms with Crippen molar-refractivity contribution in [3.63, 3.8) is 0 Å². The molecule has 0 rings (SSSR count). The van der Waals surface area contributed by atoms with Crippen LogP contribution in [-0.4, -0.2) is 68.5 Å².